The molecule has 1 aliphatic carbocycles. The van der Waals surface area contributed by atoms with Crippen LogP contribution in [-0.2, 0) is 0 Å². The van der Waals surface area contributed by atoms with Gasteiger partial charge >= 0.3 is 0 Å². The molecule has 2 N–H and O–H groups in total. The van der Waals surface area contributed by atoms with E-state index >= 15 is 0 Å². The number of hydrogen-bond acceptors (Lipinski definition) is 1. The lowest BCUT2D eigenvalue weighted by Crippen LogP contribution is -2.15. The van der Waals surface area contributed by atoms with E-state index in [1.807, 2.05) is 6.07 Å². The minimum Gasteiger partial charge on any atom is -0.320 e. The molecular formula is C19H15N. The summed E-state index contributed by atoms with van der Waals surface area (Å²) in [4.78, 5) is 0. The third-order valence-electron chi connectivity index (χ3n) is 4.06. The van der Waals surface area contributed by atoms with Gasteiger partial charge in [-0.1, -0.05) is 66.7 Å². The Kier molecular flexibility index (Phi) is 2.48. The van der Waals surface area contributed by atoms with Crippen molar-refractivity contribution < 1.29 is 0 Å². The van der Waals surface area contributed by atoms with Crippen LogP contribution in [0.15, 0.2) is 66.7 Å². The van der Waals surface area contributed by atoms with Crippen LogP contribution in [0.3, 0.4) is 0 Å². The fourth-order valence-electron chi connectivity index (χ4n) is 3.10. The Labute approximate surface area is 118 Å². The Bertz CT molecular complexity index is 810. The van der Waals surface area contributed by atoms with Crippen molar-refractivity contribution in [3.8, 4) is 0 Å². The Morgan fingerprint density at radius 3 is 2.30 bits per heavy atom. The van der Waals surface area contributed by atoms with Crippen LogP contribution in [0.2, 0.25) is 0 Å². The lowest BCUT2D eigenvalue weighted by Gasteiger charge is -2.24. The van der Waals surface area contributed by atoms with Crippen molar-refractivity contribution in [2.75, 3.05) is 0 Å². The molecule has 0 fully saturated rings. The Hall–Kier alpha value is -2.38. The summed E-state index contributed by atoms with van der Waals surface area (Å²) < 4.78 is 0. The van der Waals surface area contributed by atoms with Crippen LogP contribution in [0.4, 0.5) is 0 Å². The Morgan fingerprint density at radius 1 is 0.750 bits per heavy atom. The van der Waals surface area contributed by atoms with Gasteiger partial charge in [-0.05, 0) is 39.1 Å². The maximum Gasteiger partial charge on any atom is 0.0564 e. The second kappa shape index (κ2) is 4.32. The van der Waals surface area contributed by atoms with Crippen LogP contribution >= 0.6 is 0 Å². The summed E-state index contributed by atoms with van der Waals surface area (Å²) in [5.74, 6) is 0. The van der Waals surface area contributed by atoms with E-state index in [-0.39, 0.29) is 6.04 Å². The fourth-order valence-corrected chi connectivity index (χ4v) is 3.10. The molecule has 1 nitrogen and oxygen atoms in total. The molecule has 1 heteroatoms. The molecule has 4 rings (SSSR count). The summed E-state index contributed by atoms with van der Waals surface area (Å²) in [6, 6.07) is 23.2. The predicted octanol–water partition coefficient (Wildman–Crippen LogP) is 4.39. The number of rotatable bonds is 1. The van der Waals surface area contributed by atoms with Gasteiger partial charge in [0, 0.05) is 0 Å². The SMILES string of the molecule is NC1C(c2ccccc2)=Cc2cccc3cccc1c23. The highest BCUT2D eigenvalue weighted by Crippen LogP contribution is 2.40. The Morgan fingerprint density at radius 2 is 1.50 bits per heavy atom. The van der Waals surface area contributed by atoms with Crippen LogP contribution in [0, 0.1) is 0 Å². The second-order valence-electron chi connectivity index (χ2n) is 5.24. The zero-order valence-electron chi connectivity index (χ0n) is 11.1. The largest absolute Gasteiger partial charge is 0.320 e. The molecule has 3 aromatic carbocycles. The highest BCUT2D eigenvalue weighted by molar-refractivity contribution is 6.03. The lowest BCUT2D eigenvalue weighted by molar-refractivity contribution is 0.942. The number of hydrogen-bond donors (Lipinski definition) is 1. The van der Waals surface area contributed by atoms with E-state index in [1.165, 1.54) is 33.0 Å². The van der Waals surface area contributed by atoms with Crippen LogP contribution in [0.25, 0.3) is 22.4 Å². The van der Waals surface area contributed by atoms with Gasteiger partial charge in [0.2, 0.25) is 0 Å². The van der Waals surface area contributed by atoms with Gasteiger partial charge in [-0.3, -0.25) is 0 Å². The maximum atomic E-state index is 6.51. The first-order chi connectivity index (χ1) is 9.84. The predicted molar refractivity (Wildman–Crippen MR) is 85.2 cm³/mol. The summed E-state index contributed by atoms with van der Waals surface area (Å²) in [6.07, 6.45) is 2.23. The van der Waals surface area contributed by atoms with Gasteiger partial charge in [-0.2, -0.15) is 0 Å². The molecule has 0 heterocycles. The van der Waals surface area contributed by atoms with Gasteiger partial charge in [-0.25, -0.2) is 0 Å². The first-order valence-electron chi connectivity index (χ1n) is 6.89. The van der Waals surface area contributed by atoms with Crippen molar-refractivity contribution in [1.29, 1.82) is 0 Å². The van der Waals surface area contributed by atoms with Gasteiger partial charge in [0.05, 0.1) is 6.04 Å². The van der Waals surface area contributed by atoms with Gasteiger partial charge in [0.15, 0.2) is 0 Å². The molecule has 3 aromatic rings. The number of nitrogens with two attached hydrogens (primary N) is 1. The molecule has 0 aliphatic heterocycles. The monoisotopic (exact) mass is 257 g/mol. The molecule has 0 saturated heterocycles. The molecule has 0 bridgehead atoms. The second-order valence-corrected chi connectivity index (χ2v) is 5.24. The molecule has 1 atom stereocenters. The Balaban J connectivity index is 2.02. The minimum atomic E-state index is -0.0593. The summed E-state index contributed by atoms with van der Waals surface area (Å²) in [5.41, 5.74) is 11.4. The zero-order valence-corrected chi connectivity index (χ0v) is 11.1. The van der Waals surface area contributed by atoms with E-state index in [0.29, 0.717) is 0 Å². The van der Waals surface area contributed by atoms with E-state index in [4.69, 9.17) is 5.73 Å². The maximum absolute atomic E-state index is 6.51. The van der Waals surface area contributed by atoms with Crippen molar-refractivity contribution in [3.05, 3.63) is 83.4 Å². The van der Waals surface area contributed by atoms with E-state index in [1.54, 1.807) is 0 Å². The average Bonchev–Trinajstić information content (AvgIpc) is 2.52. The summed E-state index contributed by atoms with van der Waals surface area (Å²) >= 11 is 0. The highest BCUT2D eigenvalue weighted by atomic mass is 14.6. The molecule has 96 valence electrons. The number of benzene rings is 3. The molecule has 1 aliphatic rings. The topological polar surface area (TPSA) is 26.0 Å². The average molecular weight is 257 g/mol. The standard InChI is InChI=1S/C19H15N/c20-19-16-11-5-9-14-8-4-10-15(18(14)16)12-17(19)13-6-2-1-3-7-13/h1-12,19H,20H2. The third kappa shape index (κ3) is 1.60. The molecular weight excluding hydrogens is 242 g/mol. The van der Waals surface area contributed by atoms with Crippen LogP contribution in [0.1, 0.15) is 22.7 Å². The fraction of sp³-hybridized carbons (Fsp3) is 0.0526. The molecule has 0 spiro atoms. The highest BCUT2D eigenvalue weighted by Gasteiger charge is 2.21. The first-order valence-corrected chi connectivity index (χ1v) is 6.89. The normalized spacial score (nSPS) is 17.1. The minimum absolute atomic E-state index is 0.0593. The summed E-state index contributed by atoms with van der Waals surface area (Å²) in [7, 11) is 0. The molecule has 0 amide bonds. The van der Waals surface area contributed by atoms with Crippen LogP contribution in [-0.4, -0.2) is 0 Å². The first kappa shape index (κ1) is 11.4. The van der Waals surface area contributed by atoms with Crippen LogP contribution < -0.4 is 5.73 Å². The van der Waals surface area contributed by atoms with Gasteiger partial charge in [-0.15, -0.1) is 0 Å². The van der Waals surface area contributed by atoms with Gasteiger partial charge in [0.25, 0.3) is 0 Å². The van der Waals surface area contributed by atoms with E-state index in [9.17, 15) is 0 Å². The van der Waals surface area contributed by atoms with E-state index in [0.717, 1.165) is 0 Å². The van der Waals surface area contributed by atoms with E-state index in [2.05, 4.69) is 66.7 Å². The molecule has 0 radical (unpaired) electrons. The summed E-state index contributed by atoms with van der Waals surface area (Å²) in [5, 5.41) is 2.56. The molecule has 0 saturated carbocycles. The van der Waals surface area contributed by atoms with Gasteiger partial charge < -0.3 is 5.73 Å². The smallest absolute Gasteiger partial charge is 0.0564 e. The van der Waals surface area contributed by atoms with Crippen molar-refractivity contribution in [1.82, 2.24) is 0 Å². The lowest BCUT2D eigenvalue weighted by atomic mass is 9.83. The third-order valence-corrected chi connectivity index (χ3v) is 4.06. The van der Waals surface area contributed by atoms with Gasteiger partial charge in [0.1, 0.15) is 0 Å². The quantitative estimate of drug-likeness (QED) is 0.687. The van der Waals surface area contributed by atoms with Crippen molar-refractivity contribution >= 4 is 22.4 Å². The van der Waals surface area contributed by atoms with Crippen molar-refractivity contribution in [3.63, 3.8) is 0 Å². The molecule has 20 heavy (non-hydrogen) atoms. The van der Waals surface area contributed by atoms with Crippen molar-refractivity contribution in [2.45, 2.75) is 6.04 Å². The van der Waals surface area contributed by atoms with E-state index < -0.39 is 0 Å². The molecule has 0 aromatic heterocycles. The zero-order chi connectivity index (χ0) is 13.5. The van der Waals surface area contributed by atoms with Crippen LogP contribution in [0.5, 0.6) is 0 Å². The molecule has 1 unspecified atom stereocenters. The van der Waals surface area contributed by atoms with Crippen molar-refractivity contribution in [2.24, 2.45) is 5.73 Å². The summed E-state index contributed by atoms with van der Waals surface area (Å²) in [6.45, 7) is 0.